The van der Waals surface area contributed by atoms with Gasteiger partial charge in [-0.25, -0.2) is 0 Å². The largest absolute Gasteiger partial charge is 0.326 e. The van der Waals surface area contributed by atoms with E-state index in [1.807, 2.05) is 11.8 Å². The lowest BCUT2D eigenvalue weighted by atomic mass is 10.1. The number of hydrogen-bond donors (Lipinski definition) is 1. The fraction of sp³-hybridized carbons (Fsp3) is 0.636. The van der Waals surface area contributed by atoms with Gasteiger partial charge >= 0.3 is 0 Å². The molecule has 2 N–H and O–H groups in total. The van der Waals surface area contributed by atoms with Crippen LogP contribution in [0.3, 0.4) is 0 Å². The fourth-order valence-electron chi connectivity index (χ4n) is 1.37. The van der Waals surface area contributed by atoms with Crippen LogP contribution < -0.4 is 5.73 Å². The molecule has 1 rings (SSSR count). The van der Waals surface area contributed by atoms with E-state index >= 15 is 0 Å². The minimum atomic E-state index is 0.275. The van der Waals surface area contributed by atoms with Crippen LogP contribution in [0.5, 0.6) is 0 Å². The van der Waals surface area contributed by atoms with Crippen LogP contribution in [0, 0.1) is 0 Å². The zero-order chi connectivity index (χ0) is 10.6. The van der Waals surface area contributed by atoms with E-state index in [2.05, 4.69) is 37.6 Å². The van der Waals surface area contributed by atoms with Gasteiger partial charge < -0.3 is 5.73 Å². The minimum absolute atomic E-state index is 0.275. The van der Waals surface area contributed by atoms with Gasteiger partial charge in [0.25, 0.3) is 0 Å². The van der Waals surface area contributed by atoms with Gasteiger partial charge in [-0.05, 0) is 34.1 Å². The Labute approximate surface area is 95.1 Å². The van der Waals surface area contributed by atoms with Crippen molar-refractivity contribution in [1.29, 1.82) is 0 Å². The number of thioether (sulfide) groups is 1. The van der Waals surface area contributed by atoms with E-state index in [9.17, 15) is 0 Å². The Morgan fingerprint density at radius 1 is 1.50 bits per heavy atom. The smallest absolute Gasteiger partial charge is 0.0459 e. The van der Waals surface area contributed by atoms with Crippen molar-refractivity contribution in [3.63, 3.8) is 0 Å². The van der Waals surface area contributed by atoms with E-state index in [4.69, 9.17) is 5.73 Å². The number of thiophene rings is 1. The molecule has 0 aliphatic heterocycles. The number of nitrogens with two attached hydrogens (primary N) is 1. The van der Waals surface area contributed by atoms with Crippen LogP contribution in [-0.2, 0) is 0 Å². The van der Waals surface area contributed by atoms with Crippen LogP contribution in [0.2, 0.25) is 0 Å². The van der Waals surface area contributed by atoms with E-state index in [-0.39, 0.29) is 6.04 Å². The van der Waals surface area contributed by atoms with E-state index in [0.717, 1.165) is 6.42 Å². The zero-order valence-corrected chi connectivity index (χ0v) is 10.7. The Balaban J connectivity index is 2.72. The molecule has 14 heavy (non-hydrogen) atoms. The van der Waals surface area contributed by atoms with Crippen molar-refractivity contribution in [3.8, 4) is 0 Å². The molecule has 0 aliphatic carbocycles. The topological polar surface area (TPSA) is 26.0 Å². The third-order valence-electron chi connectivity index (χ3n) is 2.15. The lowest BCUT2D eigenvalue weighted by Gasteiger charge is -2.23. The van der Waals surface area contributed by atoms with E-state index in [1.165, 1.54) is 5.56 Å². The second-order valence-electron chi connectivity index (χ2n) is 3.73. The molecule has 1 aromatic heterocycles. The molecular formula is C11H19NS2. The van der Waals surface area contributed by atoms with Crippen LogP contribution in [0.1, 0.15) is 38.0 Å². The normalized spacial score (nSPS) is 15.8. The highest BCUT2D eigenvalue weighted by atomic mass is 32.2. The Morgan fingerprint density at radius 3 is 2.64 bits per heavy atom. The molecule has 2 atom stereocenters. The average Bonchev–Trinajstić information content (AvgIpc) is 2.65. The van der Waals surface area contributed by atoms with Gasteiger partial charge in [0.05, 0.1) is 0 Å². The standard InChI is InChI=1S/C11H19NS2/c1-4-10(12)11(14-8(2)3)9-5-6-13-7-9/h5-8,10-11H,4,12H2,1-3H3. The molecule has 2 unspecified atom stereocenters. The summed E-state index contributed by atoms with van der Waals surface area (Å²) in [5.41, 5.74) is 7.53. The van der Waals surface area contributed by atoms with Gasteiger partial charge in [0.1, 0.15) is 0 Å². The summed E-state index contributed by atoms with van der Waals surface area (Å²) in [6, 6.07) is 2.47. The highest BCUT2D eigenvalue weighted by Crippen LogP contribution is 2.36. The summed E-state index contributed by atoms with van der Waals surface area (Å²) in [5.74, 6) is 0. The quantitative estimate of drug-likeness (QED) is 0.833. The molecule has 80 valence electrons. The third kappa shape index (κ3) is 3.30. The SMILES string of the molecule is CCC(N)C(SC(C)C)c1ccsc1. The number of rotatable bonds is 5. The molecule has 0 aliphatic rings. The molecule has 1 nitrogen and oxygen atoms in total. The van der Waals surface area contributed by atoms with Gasteiger partial charge in [-0.3, -0.25) is 0 Å². The Bertz CT molecular complexity index is 244. The summed E-state index contributed by atoms with van der Waals surface area (Å²) in [4.78, 5) is 0. The van der Waals surface area contributed by atoms with Crippen molar-refractivity contribution in [2.45, 2.75) is 43.7 Å². The monoisotopic (exact) mass is 229 g/mol. The van der Waals surface area contributed by atoms with Crippen LogP contribution >= 0.6 is 23.1 Å². The summed E-state index contributed by atoms with van der Waals surface area (Å²) >= 11 is 3.73. The molecule has 1 heterocycles. The molecule has 0 bridgehead atoms. The molecule has 0 saturated carbocycles. The Hall–Kier alpha value is 0.01000. The van der Waals surface area contributed by atoms with Gasteiger partial charge in [0, 0.05) is 11.3 Å². The van der Waals surface area contributed by atoms with Gasteiger partial charge in [0.2, 0.25) is 0 Å². The molecule has 0 aromatic carbocycles. The van der Waals surface area contributed by atoms with E-state index in [1.54, 1.807) is 11.3 Å². The molecular weight excluding hydrogens is 210 g/mol. The molecule has 0 saturated heterocycles. The zero-order valence-electron chi connectivity index (χ0n) is 9.07. The van der Waals surface area contributed by atoms with Crippen molar-refractivity contribution in [3.05, 3.63) is 22.4 Å². The Morgan fingerprint density at radius 2 is 2.21 bits per heavy atom. The highest BCUT2D eigenvalue weighted by Gasteiger charge is 2.20. The Kier molecular flexibility index (Phi) is 4.99. The fourth-order valence-corrected chi connectivity index (χ4v) is 3.44. The first kappa shape index (κ1) is 12.1. The second kappa shape index (κ2) is 5.79. The molecule has 3 heteroatoms. The van der Waals surface area contributed by atoms with Gasteiger partial charge in [0.15, 0.2) is 0 Å². The minimum Gasteiger partial charge on any atom is -0.326 e. The summed E-state index contributed by atoms with van der Waals surface area (Å²) < 4.78 is 0. The van der Waals surface area contributed by atoms with Crippen molar-refractivity contribution in [1.82, 2.24) is 0 Å². The highest BCUT2D eigenvalue weighted by molar-refractivity contribution is 8.00. The van der Waals surface area contributed by atoms with Crippen LogP contribution in [0.4, 0.5) is 0 Å². The summed E-state index contributed by atoms with van der Waals surface area (Å²) in [7, 11) is 0. The van der Waals surface area contributed by atoms with Crippen molar-refractivity contribution < 1.29 is 0 Å². The van der Waals surface area contributed by atoms with Crippen LogP contribution in [0.15, 0.2) is 16.8 Å². The molecule has 0 fully saturated rings. The van der Waals surface area contributed by atoms with E-state index < -0.39 is 0 Å². The predicted octanol–water partition coefficient (Wildman–Crippen LogP) is 3.67. The predicted molar refractivity (Wildman–Crippen MR) is 68.1 cm³/mol. The van der Waals surface area contributed by atoms with Gasteiger partial charge in [-0.15, -0.1) is 11.8 Å². The molecule has 0 radical (unpaired) electrons. The molecule has 1 aromatic rings. The maximum Gasteiger partial charge on any atom is 0.0459 e. The second-order valence-corrected chi connectivity index (χ2v) is 6.24. The van der Waals surface area contributed by atoms with Crippen molar-refractivity contribution in [2.75, 3.05) is 0 Å². The van der Waals surface area contributed by atoms with E-state index in [0.29, 0.717) is 10.5 Å². The molecule has 0 spiro atoms. The summed E-state index contributed by atoms with van der Waals surface area (Å²) in [6.07, 6.45) is 1.04. The van der Waals surface area contributed by atoms with Crippen LogP contribution in [-0.4, -0.2) is 11.3 Å². The van der Waals surface area contributed by atoms with Crippen molar-refractivity contribution in [2.24, 2.45) is 5.73 Å². The first-order valence-corrected chi connectivity index (χ1v) is 6.96. The maximum absolute atomic E-state index is 6.14. The first-order chi connectivity index (χ1) is 6.65. The third-order valence-corrected chi connectivity index (χ3v) is 4.31. The summed E-state index contributed by atoms with van der Waals surface area (Å²) in [6.45, 7) is 6.61. The number of hydrogen-bond acceptors (Lipinski definition) is 3. The lowest BCUT2D eigenvalue weighted by molar-refractivity contribution is 0.634. The van der Waals surface area contributed by atoms with Crippen molar-refractivity contribution >= 4 is 23.1 Å². The van der Waals surface area contributed by atoms with Gasteiger partial charge in [-0.2, -0.15) is 11.3 Å². The van der Waals surface area contributed by atoms with Gasteiger partial charge in [-0.1, -0.05) is 20.8 Å². The summed E-state index contributed by atoms with van der Waals surface area (Å²) in [5, 5.41) is 5.45. The molecule has 0 amide bonds. The average molecular weight is 229 g/mol. The lowest BCUT2D eigenvalue weighted by Crippen LogP contribution is -2.26. The maximum atomic E-state index is 6.14. The first-order valence-electron chi connectivity index (χ1n) is 5.08. The van der Waals surface area contributed by atoms with Crippen LogP contribution in [0.25, 0.3) is 0 Å².